The highest BCUT2D eigenvalue weighted by Crippen LogP contribution is 2.17. The summed E-state index contributed by atoms with van der Waals surface area (Å²) in [5.74, 6) is -0.146. The summed E-state index contributed by atoms with van der Waals surface area (Å²) in [7, 11) is 0. The minimum Gasteiger partial charge on any atom is -0.397 e. The third kappa shape index (κ3) is 2.37. The van der Waals surface area contributed by atoms with E-state index in [1.165, 1.54) is 11.3 Å². The molecule has 0 bridgehead atoms. The number of nitrogens with zero attached hydrogens (tertiary/aromatic N) is 3. The van der Waals surface area contributed by atoms with E-state index in [-0.39, 0.29) is 5.91 Å². The monoisotopic (exact) mass is 237 g/mol. The Balaban J connectivity index is 1.83. The van der Waals surface area contributed by atoms with Crippen LogP contribution >= 0.6 is 11.3 Å². The third-order valence-corrected chi connectivity index (χ3v) is 2.93. The smallest absolute Gasteiger partial charge is 0.263 e. The number of carbonyl (C=O) groups is 1. The van der Waals surface area contributed by atoms with Crippen LogP contribution in [0.2, 0.25) is 0 Å². The molecule has 0 aliphatic heterocycles. The first-order chi connectivity index (χ1) is 7.77. The molecule has 84 valence electrons. The third-order valence-electron chi connectivity index (χ3n) is 2.00. The number of rotatable bonds is 4. The van der Waals surface area contributed by atoms with Crippen LogP contribution in [0.4, 0.5) is 5.69 Å². The van der Waals surface area contributed by atoms with Gasteiger partial charge in [-0.2, -0.15) is 0 Å². The molecule has 1 amide bonds. The molecule has 0 saturated heterocycles. The first kappa shape index (κ1) is 10.6. The number of nitrogens with one attached hydrogen (secondary N) is 1. The molecule has 0 atom stereocenters. The number of aromatic nitrogens is 3. The van der Waals surface area contributed by atoms with E-state index in [1.807, 2.05) is 0 Å². The number of carbonyl (C=O) groups excluding carboxylic acids is 1. The Morgan fingerprint density at radius 2 is 2.50 bits per heavy atom. The van der Waals surface area contributed by atoms with Crippen molar-refractivity contribution >= 4 is 22.9 Å². The maximum absolute atomic E-state index is 11.6. The van der Waals surface area contributed by atoms with Crippen molar-refractivity contribution in [1.29, 1.82) is 0 Å². The molecule has 0 unspecified atom stereocenters. The van der Waals surface area contributed by atoms with Crippen LogP contribution in [0.5, 0.6) is 0 Å². The lowest BCUT2D eigenvalue weighted by atomic mass is 10.4. The standard InChI is InChI=1S/C9H11N5OS/c10-7-1-6-16-8(7)9(15)11-2-4-14-5-3-12-13-14/h1,3,5-6H,2,4,10H2,(H,11,15). The average Bonchev–Trinajstić information content (AvgIpc) is 2.88. The van der Waals surface area contributed by atoms with Gasteiger partial charge in [-0.05, 0) is 11.4 Å². The van der Waals surface area contributed by atoms with Gasteiger partial charge in [-0.25, -0.2) is 0 Å². The lowest BCUT2D eigenvalue weighted by Crippen LogP contribution is -2.27. The van der Waals surface area contributed by atoms with E-state index >= 15 is 0 Å². The van der Waals surface area contributed by atoms with Gasteiger partial charge in [0.2, 0.25) is 0 Å². The van der Waals surface area contributed by atoms with E-state index < -0.39 is 0 Å². The number of hydrogen-bond donors (Lipinski definition) is 2. The molecule has 16 heavy (non-hydrogen) atoms. The summed E-state index contributed by atoms with van der Waals surface area (Å²) in [5, 5.41) is 12.0. The lowest BCUT2D eigenvalue weighted by molar-refractivity contribution is 0.0956. The van der Waals surface area contributed by atoms with Gasteiger partial charge < -0.3 is 11.1 Å². The summed E-state index contributed by atoms with van der Waals surface area (Å²) >= 11 is 1.33. The topological polar surface area (TPSA) is 85.8 Å². The van der Waals surface area contributed by atoms with Crippen LogP contribution < -0.4 is 11.1 Å². The summed E-state index contributed by atoms with van der Waals surface area (Å²) in [5.41, 5.74) is 6.15. The zero-order valence-electron chi connectivity index (χ0n) is 8.46. The Morgan fingerprint density at radius 1 is 1.62 bits per heavy atom. The zero-order chi connectivity index (χ0) is 11.4. The van der Waals surface area contributed by atoms with Crippen molar-refractivity contribution in [2.45, 2.75) is 6.54 Å². The Bertz CT molecular complexity index is 464. The number of hydrogen-bond acceptors (Lipinski definition) is 5. The van der Waals surface area contributed by atoms with E-state index in [2.05, 4.69) is 15.6 Å². The minimum atomic E-state index is -0.146. The average molecular weight is 237 g/mol. The van der Waals surface area contributed by atoms with Crippen molar-refractivity contribution < 1.29 is 4.79 Å². The SMILES string of the molecule is Nc1ccsc1C(=O)NCCn1ccnn1. The first-order valence-corrected chi connectivity index (χ1v) is 5.60. The molecule has 2 aromatic heterocycles. The molecule has 3 N–H and O–H groups in total. The largest absolute Gasteiger partial charge is 0.397 e. The van der Waals surface area contributed by atoms with Gasteiger partial charge in [0.15, 0.2) is 0 Å². The van der Waals surface area contributed by atoms with Gasteiger partial charge in [0, 0.05) is 12.7 Å². The van der Waals surface area contributed by atoms with Gasteiger partial charge in [0.25, 0.3) is 5.91 Å². The summed E-state index contributed by atoms with van der Waals surface area (Å²) in [4.78, 5) is 12.2. The van der Waals surface area contributed by atoms with Crippen LogP contribution in [0.1, 0.15) is 9.67 Å². The molecule has 7 heteroatoms. The van der Waals surface area contributed by atoms with E-state index in [0.717, 1.165) is 0 Å². The normalized spacial score (nSPS) is 10.2. The van der Waals surface area contributed by atoms with Gasteiger partial charge in [-0.3, -0.25) is 9.48 Å². The van der Waals surface area contributed by atoms with Gasteiger partial charge >= 0.3 is 0 Å². The van der Waals surface area contributed by atoms with Gasteiger partial charge in [0.1, 0.15) is 4.88 Å². The van der Waals surface area contributed by atoms with Crippen LogP contribution in [0.3, 0.4) is 0 Å². The fourth-order valence-electron chi connectivity index (χ4n) is 1.22. The molecular weight excluding hydrogens is 226 g/mol. The quantitative estimate of drug-likeness (QED) is 0.803. The van der Waals surface area contributed by atoms with E-state index in [1.54, 1.807) is 28.5 Å². The fourth-order valence-corrected chi connectivity index (χ4v) is 1.95. The lowest BCUT2D eigenvalue weighted by Gasteiger charge is -2.03. The van der Waals surface area contributed by atoms with Crippen LogP contribution in [-0.2, 0) is 6.54 Å². The number of anilines is 1. The highest BCUT2D eigenvalue weighted by molar-refractivity contribution is 7.12. The van der Waals surface area contributed by atoms with Crippen molar-refractivity contribution in [3.8, 4) is 0 Å². The Morgan fingerprint density at radius 3 is 3.12 bits per heavy atom. The second-order valence-electron chi connectivity index (χ2n) is 3.13. The molecule has 6 nitrogen and oxygen atoms in total. The Hall–Kier alpha value is -1.89. The van der Waals surface area contributed by atoms with Gasteiger partial charge in [-0.1, -0.05) is 5.21 Å². The van der Waals surface area contributed by atoms with Gasteiger partial charge in [0.05, 0.1) is 18.4 Å². The maximum atomic E-state index is 11.6. The van der Waals surface area contributed by atoms with Gasteiger partial charge in [-0.15, -0.1) is 16.4 Å². The van der Waals surface area contributed by atoms with Crippen LogP contribution in [0.25, 0.3) is 0 Å². The van der Waals surface area contributed by atoms with E-state index in [0.29, 0.717) is 23.7 Å². The van der Waals surface area contributed by atoms with Crippen molar-refractivity contribution in [3.05, 3.63) is 28.7 Å². The number of nitrogens with two attached hydrogens (primary N) is 1. The highest BCUT2D eigenvalue weighted by Gasteiger charge is 2.09. The molecular formula is C9H11N5OS. The second-order valence-corrected chi connectivity index (χ2v) is 4.04. The summed E-state index contributed by atoms with van der Waals surface area (Å²) < 4.78 is 1.65. The summed E-state index contributed by atoms with van der Waals surface area (Å²) in [6.45, 7) is 1.09. The van der Waals surface area contributed by atoms with Crippen LogP contribution in [-0.4, -0.2) is 27.4 Å². The highest BCUT2D eigenvalue weighted by atomic mass is 32.1. The molecule has 0 fully saturated rings. The predicted molar refractivity (Wildman–Crippen MR) is 61.1 cm³/mol. The Kier molecular flexibility index (Phi) is 3.16. The molecule has 2 aromatic rings. The molecule has 2 rings (SSSR count). The van der Waals surface area contributed by atoms with Crippen LogP contribution in [0.15, 0.2) is 23.8 Å². The summed E-state index contributed by atoms with van der Waals surface area (Å²) in [6.07, 6.45) is 3.34. The summed E-state index contributed by atoms with van der Waals surface area (Å²) in [6, 6.07) is 1.72. The van der Waals surface area contributed by atoms with Crippen molar-refractivity contribution in [2.75, 3.05) is 12.3 Å². The molecule has 0 radical (unpaired) electrons. The second kappa shape index (κ2) is 4.75. The van der Waals surface area contributed by atoms with E-state index in [9.17, 15) is 4.79 Å². The molecule has 2 heterocycles. The zero-order valence-corrected chi connectivity index (χ0v) is 9.28. The number of thiophene rings is 1. The number of nitrogen functional groups attached to an aromatic ring is 1. The predicted octanol–water partition coefficient (Wildman–Crippen LogP) is 0.352. The number of amides is 1. The maximum Gasteiger partial charge on any atom is 0.263 e. The van der Waals surface area contributed by atoms with Crippen molar-refractivity contribution in [1.82, 2.24) is 20.3 Å². The fraction of sp³-hybridized carbons (Fsp3) is 0.222. The first-order valence-electron chi connectivity index (χ1n) is 4.72. The minimum absolute atomic E-state index is 0.146. The molecule has 0 aromatic carbocycles. The molecule has 0 saturated carbocycles. The van der Waals surface area contributed by atoms with Crippen molar-refractivity contribution in [2.24, 2.45) is 0 Å². The molecule has 0 spiro atoms. The van der Waals surface area contributed by atoms with E-state index in [4.69, 9.17) is 5.73 Å². The molecule has 0 aliphatic rings. The van der Waals surface area contributed by atoms with Crippen LogP contribution in [0, 0.1) is 0 Å². The van der Waals surface area contributed by atoms with Crippen molar-refractivity contribution in [3.63, 3.8) is 0 Å². The molecule has 0 aliphatic carbocycles. The Labute approximate surface area is 96.1 Å².